The average molecular weight is 429 g/mol. The fourth-order valence-electron chi connectivity index (χ4n) is 3.51. The molecule has 0 saturated heterocycles. The minimum Gasteiger partial charge on any atom is -0.492 e. The highest BCUT2D eigenvalue weighted by molar-refractivity contribution is 9.10. The number of halogens is 2. The number of carbonyl (C=O) groups excluding carboxylic acids is 1. The number of fused-ring (bicyclic) bond motifs is 1. The van der Waals surface area contributed by atoms with Crippen molar-refractivity contribution in [1.82, 2.24) is 4.90 Å². The summed E-state index contributed by atoms with van der Waals surface area (Å²) in [5.41, 5.74) is 6.58. The van der Waals surface area contributed by atoms with Crippen molar-refractivity contribution in [2.24, 2.45) is 10.7 Å². The second-order valence-electron chi connectivity index (χ2n) is 6.40. The normalized spacial score (nSPS) is 20.9. The van der Waals surface area contributed by atoms with Gasteiger partial charge in [0.25, 0.3) is 5.91 Å². The second-order valence-corrected chi connectivity index (χ2v) is 7.25. The summed E-state index contributed by atoms with van der Waals surface area (Å²) >= 11 is 3.17. The molecule has 0 spiro atoms. The van der Waals surface area contributed by atoms with E-state index in [4.69, 9.17) is 10.5 Å². The Hall–Kier alpha value is -2.92. The van der Waals surface area contributed by atoms with Crippen LogP contribution < -0.4 is 10.5 Å². The van der Waals surface area contributed by atoms with Crippen molar-refractivity contribution in [1.29, 1.82) is 5.26 Å². The number of aliphatic imine (C=N–C) groups is 1. The number of nitrogens with zero attached hydrogens (tertiary/aromatic N) is 3. The van der Waals surface area contributed by atoms with Gasteiger partial charge in [0, 0.05) is 13.5 Å². The lowest BCUT2D eigenvalue weighted by atomic mass is 9.81. The van der Waals surface area contributed by atoms with Crippen LogP contribution in [0.1, 0.15) is 22.3 Å². The summed E-state index contributed by atoms with van der Waals surface area (Å²) in [5, 5.41) is 9.53. The number of carbonyl (C=O) groups is 1. The predicted octanol–water partition coefficient (Wildman–Crippen LogP) is 2.43. The van der Waals surface area contributed by atoms with Gasteiger partial charge in [-0.3, -0.25) is 9.69 Å². The van der Waals surface area contributed by atoms with Gasteiger partial charge in [-0.1, -0.05) is 6.07 Å². The van der Waals surface area contributed by atoms with Gasteiger partial charge in [-0.15, -0.1) is 0 Å². The molecule has 1 atom stereocenters. The number of amides is 1. The molecule has 2 aliphatic heterocycles. The SMILES string of the molecule is CN1C(=O)C(c2ccc(F)c(Br)c2)(c2cc(C#N)c3c(c2)CCO3)N=C1N. The lowest BCUT2D eigenvalue weighted by molar-refractivity contribution is -0.129. The van der Waals surface area contributed by atoms with Gasteiger partial charge in [-0.05, 0) is 56.9 Å². The minimum absolute atomic E-state index is 0.0516. The summed E-state index contributed by atoms with van der Waals surface area (Å²) in [6.07, 6.45) is 0.629. The zero-order valence-electron chi connectivity index (χ0n) is 14.3. The average Bonchev–Trinajstić information content (AvgIpc) is 3.22. The lowest BCUT2D eigenvalue weighted by Gasteiger charge is -2.27. The van der Waals surface area contributed by atoms with Crippen molar-refractivity contribution in [3.05, 3.63) is 62.9 Å². The monoisotopic (exact) mass is 428 g/mol. The van der Waals surface area contributed by atoms with E-state index in [0.29, 0.717) is 35.5 Å². The molecule has 2 aliphatic rings. The summed E-state index contributed by atoms with van der Waals surface area (Å²) in [5.74, 6) is -0.242. The van der Waals surface area contributed by atoms with Gasteiger partial charge >= 0.3 is 0 Å². The van der Waals surface area contributed by atoms with E-state index in [1.165, 1.54) is 30.1 Å². The highest BCUT2D eigenvalue weighted by Crippen LogP contribution is 2.43. The Morgan fingerprint density at radius 1 is 1.37 bits per heavy atom. The second kappa shape index (κ2) is 6.06. The highest BCUT2D eigenvalue weighted by atomic mass is 79.9. The smallest absolute Gasteiger partial charge is 0.266 e. The molecule has 27 heavy (non-hydrogen) atoms. The molecule has 6 nitrogen and oxygen atoms in total. The first kappa shape index (κ1) is 17.5. The van der Waals surface area contributed by atoms with Crippen molar-refractivity contribution in [2.75, 3.05) is 13.7 Å². The standard InChI is InChI=1S/C19H14BrFN4O2/c1-25-17(26)19(24-18(25)23,12-2-3-15(21)14(20)8-12)13-6-10-4-5-27-16(10)11(7-13)9-22/h2-3,6-8H,4-5H2,1H3,(H2,23,24). The van der Waals surface area contributed by atoms with Crippen molar-refractivity contribution in [3.8, 4) is 11.8 Å². The van der Waals surface area contributed by atoms with Crippen molar-refractivity contribution in [2.45, 2.75) is 12.0 Å². The maximum absolute atomic E-state index is 13.8. The Morgan fingerprint density at radius 2 is 2.15 bits per heavy atom. The van der Waals surface area contributed by atoms with E-state index in [1.807, 2.05) is 6.07 Å². The number of hydrogen-bond donors (Lipinski definition) is 1. The first-order chi connectivity index (χ1) is 12.9. The number of hydrogen-bond acceptors (Lipinski definition) is 5. The number of rotatable bonds is 2. The van der Waals surface area contributed by atoms with Crippen LogP contribution in [0.2, 0.25) is 0 Å². The van der Waals surface area contributed by atoms with Gasteiger partial charge in [-0.2, -0.15) is 5.26 Å². The molecular weight excluding hydrogens is 415 g/mol. The van der Waals surface area contributed by atoms with Crippen molar-refractivity contribution < 1.29 is 13.9 Å². The quantitative estimate of drug-likeness (QED) is 0.794. The van der Waals surface area contributed by atoms with Gasteiger partial charge in [0.2, 0.25) is 0 Å². The van der Waals surface area contributed by atoms with Crippen LogP contribution in [0.4, 0.5) is 4.39 Å². The highest BCUT2D eigenvalue weighted by Gasteiger charge is 2.50. The van der Waals surface area contributed by atoms with E-state index < -0.39 is 11.4 Å². The maximum atomic E-state index is 13.8. The third-order valence-corrected chi connectivity index (χ3v) is 5.51. The van der Waals surface area contributed by atoms with Crippen LogP contribution in [-0.4, -0.2) is 30.4 Å². The van der Waals surface area contributed by atoms with Crippen LogP contribution >= 0.6 is 15.9 Å². The van der Waals surface area contributed by atoms with Crippen LogP contribution in [0.15, 0.2) is 39.8 Å². The lowest BCUT2D eigenvalue weighted by Crippen LogP contribution is -2.41. The Kier molecular flexibility index (Phi) is 3.93. The van der Waals surface area contributed by atoms with Crippen LogP contribution in [-0.2, 0) is 16.8 Å². The third kappa shape index (κ3) is 2.42. The number of likely N-dealkylation sites (N-methyl/N-ethyl adjacent to an activating group) is 1. The fraction of sp³-hybridized carbons (Fsp3) is 0.211. The molecule has 0 saturated carbocycles. The molecule has 136 valence electrons. The van der Waals surface area contributed by atoms with Crippen LogP contribution in [0.3, 0.4) is 0 Å². The van der Waals surface area contributed by atoms with Crippen LogP contribution in [0.5, 0.6) is 5.75 Å². The molecule has 1 unspecified atom stereocenters. The Morgan fingerprint density at radius 3 is 2.78 bits per heavy atom. The van der Waals surface area contributed by atoms with Gasteiger partial charge in [0.05, 0.1) is 16.6 Å². The molecule has 0 aromatic heterocycles. The summed E-state index contributed by atoms with van der Waals surface area (Å²) < 4.78 is 19.6. The first-order valence-corrected chi connectivity index (χ1v) is 8.97. The molecular formula is C19H14BrFN4O2. The number of nitrogens with two attached hydrogens (primary N) is 1. The molecule has 0 aliphatic carbocycles. The summed E-state index contributed by atoms with van der Waals surface area (Å²) in [7, 11) is 1.53. The number of benzene rings is 2. The topological polar surface area (TPSA) is 91.7 Å². The first-order valence-electron chi connectivity index (χ1n) is 8.18. The number of guanidine groups is 1. The molecule has 2 aromatic carbocycles. The Bertz CT molecular complexity index is 1060. The predicted molar refractivity (Wildman–Crippen MR) is 99.6 cm³/mol. The van der Waals surface area contributed by atoms with Gasteiger partial charge < -0.3 is 10.5 Å². The van der Waals surface area contributed by atoms with Crippen molar-refractivity contribution in [3.63, 3.8) is 0 Å². The van der Waals surface area contributed by atoms with E-state index >= 15 is 0 Å². The molecule has 1 amide bonds. The largest absolute Gasteiger partial charge is 0.492 e. The van der Waals surface area contributed by atoms with E-state index in [9.17, 15) is 14.4 Å². The third-order valence-electron chi connectivity index (χ3n) is 4.90. The Labute approximate surface area is 163 Å². The molecule has 0 fully saturated rings. The fourth-order valence-corrected chi connectivity index (χ4v) is 3.88. The number of nitriles is 1. The maximum Gasteiger partial charge on any atom is 0.266 e. The van der Waals surface area contributed by atoms with Crippen LogP contribution in [0, 0.1) is 17.1 Å². The van der Waals surface area contributed by atoms with Gasteiger partial charge in [0.15, 0.2) is 11.5 Å². The summed E-state index contributed by atoms with van der Waals surface area (Å²) in [4.78, 5) is 19.0. The van der Waals surface area contributed by atoms with E-state index in [2.05, 4.69) is 27.0 Å². The molecule has 0 bridgehead atoms. The van der Waals surface area contributed by atoms with Gasteiger partial charge in [0.1, 0.15) is 17.6 Å². The Balaban J connectivity index is 2.03. The van der Waals surface area contributed by atoms with E-state index in [1.54, 1.807) is 6.07 Å². The van der Waals surface area contributed by atoms with Crippen LogP contribution in [0.25, 0.3) is 0 Å². The van der Waals surface area contributed by atoms with Gasteiger partial charge in [-0.25, -0.2) is 9.38 Å². The summed E-state index contributed by atoms with van der Waals surface area (Å²) in [6, 6.07) is 9.81. The molecule has 0 radical (unpaired) electrons. The zero-order chi connectivity index (χ0) is 19.3. The molecule has 8 heteroatoms. The molecule has 4 rings (SSSR count). The zero-order valence-corrected chi connectivity index (χ0v) is 15.9. The number of ether oxygens (including phenoxy) is 1. The van der Waals surface area contributed by atoms with Crippen molar-refractivity contribution >= 4 is 27.8 Å². The minimum atomic E-state index is -1.49. The van der Waals surface area contributed by atoms with E-state index in [0.717, 1.165) is 5.56 Å². The van der Waals surface area contributed by atoms with E-state index in [-0.39, 0.29) is 16.3 Å². The molecule has 2 aromatic rings. The summed E-state index contributed by atoms with van der Waals surface area (Å²) in [6.45, 7) is 0.474. The molecule has 2 N–H and O–H groups in total. The molecule has 2 heterocycles.